The molecule has 11 heteroatoms. The van der Waals surface area contributed by atoms with Crippen molar-refractivity contribution in [3.05, 3.63) is 35.9 Å². The maximum Gasteiger partial charge on any atom is 0.410 e. The number of aromatic nitrogens is 2. The number of fused-ring (bicyclic) bond motifs is 2. The summed E-state index contributed by atoms with van der Waals surface area (Å²) < 4.78 is 20.5. The molecule has 2 aliphatic heterocycles. The number of nitrogens with two attached hydrogens (primary N) is 1. The Bertz CT molecular complexity index is 1310. The number of ether oxygens (including phenoxy) is 1. The average molecular weight is 497 g/mol. The van der Waals surface area contributed by atoms with Crippen LogP contribution in [0.4, 0.5) is 26.4 Å². The molecule has 2 amide bonds. The zero-order valence-corrected chi connectivity index (χ0v) is 20.2. The largest absolute Gasteiger partial charge is 0.474 e. The van der Waals surface area contributed by atoms with Crippen LogP contribution in [0.15, 0.2) is 24.5 Å². The first-order chi connectivity index (χ1) is 17.3. The van der Waals surface area contributed by atoms with Crippen molar-refractivity contribution in [3.63, 3.8) is 0 Å². The summed E-state index contributed by atoms with van der Waals surface area (Å²) in [4.78, 5) is 31.7. The molecule has 0 atom stereocenters. The number of hydrogen-bond acceptors (Lipinski definition) is 7. The second kappa shape index (κ2) is 10.6. The van der Waals surface area contributed by atoms with Crippen LogP contribution >= 0.6 is 0 Å². The highest BCUT2D eigenvalue weighted by atomic mass is 19.1. The normalized spacial score (nSPS) is 14.6. The summed E-state index contributed by atoms with van der Waals surface area (Å²) >= 11 is 0. The van der Waals surface area contributed by atoms with Crippen molar-refractivity contribution in [3.8, 4) is 17.0 Å². The lowest BCUT2D eigenvalue weighted by Gasteiger charge is -2.24. The summed E-state index contributed by atoms with van der Waals surface area (Å²) in [5.41, 5.74) is 8.28. The van der Waals surface area contributed by atoms with Gasteiger partial charge in [0.15, 0.2) is 5.82 Å². The summed E-state index contributed by atoms with van der Waals surface area (Å²) in [6.07, 6.45) is 5.33. The second-order valence-corrected chi connectivity index (χ2v) is 8.69. The number of carbonyl (C=O) groups is 2. The molecule has 0 radical (unpaired) electrons. The Balaban J connectivity index is 0.000000286. The van der Waals surface area contributed by atoms with Crippen LogP contribution < -0.4 is 21.1 Å². The van der Waals surface area contributed by atoms with Gasteiger partial charge in [-0.3, -0.25) is 10.1 Å². The molecule has 1 saturated heterocycles. The van der Waals surface area contributed by atoms with Gasteiger partial charge in [0.2, 0.25) is 11.8 Å². The molecule has 2 aromatic heterocycles. The molecule has 3 aromatic rings. The predicted molar refractivity (Wildman–Crippen MR) is 136 cm³/mol. The van der Waals surface area contributed by atoms with E-state index in [9.17, 15) is 14.0 Å². The Kier molecular flexibility index (Phi) is 7.37. The molecule has 0 bridgehead atoms. The first-order valence-electron chi connectivity index (χ1n) is 11.8. The molecule has 36 heavy (non-hydrogen) atoms. The first kappa shape index (κ1) is 25.0. The fourth-order valence-electron chi connectivity index (χ4n) is 4.37. The summed E-state index contributed by atoms with van der Waals surface area (Å²) in [7, 11) is 0. The van der Waals surface area contributed by atoms with E-state index in [0.29, 0.717) is 35.4 Å². The van der Waals surface area contributed by atoms with Gasteiger partial charge in [-0.2, -0.15) is 0 Å². The highest BCUT2D eigenvalue weighted by molar-refractivity contribution is 5.99. The number of nitrogen functional groups attached to an aromatic ring is 1. The summed E-state index contributed by atoms with van der Waals surface area (Å²) in [5.74, 6) is 0.260. The van der Waals surface area contributed by atoms with Gasteiger partial charge in [0.05, 0.1) is 5.69 Å². The van der Waals surface area contributed by atoms with E-state index in [2.05, 4.69) is 20.6 Å². The zero-order valence-electron chi connectivity index (χ0n) is 20.2. The monoisotopic (exact) mass is 496 g/mol. The third-order valence-electron chi connectivity index (χ3n) is 6.27. The Labute approximate surface area is 207 Å². The van der Waals surface area contributed by atoms with Crippen LogP contribution in [0, 0.1) is 12.7 Å². The van der Waals surface area contributed by atoms with Gasteiger partial charge in [-0.1, -0.05) is 0 Å². The minimum Gasteiger partial charge on any atom is -0.474 e. The zero-order chi connectivity index (χ0) is 25.8. The maximum atomic E-state index is 15.0. The molecule has 2 aliphatic rings. The third kappa shape index (κ3) is 5.24. The molecular weight excluding hydrogens is 467 g/mol. The SMILES string of the molecule is CC(=O)N1CCCCC1.Cc1c(-c2cc3cc(NC(=O)O)ncc3c(N)c2F)cnc2c1NCCO2. The molecule has 10 nitrogen and oxygen atoms in total. The lowest BCUT2D eigenvalue weighted by Crippen LogP contribution is -2.33. The molecule has 190 valence electrons. The van der Waals surface area contributed by atoms with E-state index in [4.69, 9.17) is 15.6 Å². The molecule has 5 rings (SSSR count). The number of benzene rings is 1. The molecule has 0 spiro atoms. The Morgan fingerprint density at radius 3 is 2.58 bits per heavy atom. The van der Waals surface area contributed by atoms with Gasteiger partial charge < -0.3 is 25.8 Å². The van der Waals surface area contributed by atoms with Gasteiger partial charge in [-0.25, -0.2) is 19.2 Å². The van der Waals surface area contributed by atoms with Crippen LogP contribution in [0.5, 0.6) is 5.88 Å². The Hall–Kier alpha value is -4.15. The van der Waals surface area contributed by atoms with Crippen molar-refractivity contribution in [2.24, 2.45) is 0 Å². The predicted octanol–water partition coefficient (Wildman–Crippen LogP) is 4.24. The lowest BCUT2D eigenvalue weighted by molar-refractivity contribution is -0.129. The van der Waals surface area contributed by atoms with Crippen molar-refractivity contribution >= 4 is 40.0 Å². The number of halogens is 1. The van der Waals surface area contributed by atoms with E-state index in [0.717, 1.165) is 24.3 Å². The standard InChI is InChI=1S/C18H16FN5O3.C7H13NO/c1-8-11(6-23-17-16(8)21-2-3-27-17)10-4-9-5-13(24-18(25)26)22-7-12(9)15(20)14(10)19;1-7(9)8-5-3-2-4-6-8/h4-7,21H,2-3,20H2,1H3,(H,22,24)(H,25,26);2-6H2,1H3. The number of piperidine rings is 1. The van der Waals surface area contributed by atoms with Crippen molar-refractivity contribution in [1.82, 2.24) is 14.9 Å². The third-order valence-corrected chi connectivity index (χ3v) is 6.27. The number of anilines is 3. The summed E-state index contributed by atoms with van der Waals surface area (Å²) in [6, 6.07) is 3.11. The highest BCUT2D eigenvalue weighted by Crippen LogP contribution is 2.39. The average Bonchev–Trinajstić information content (AvgIpc) is 2.87. The molecule has 1 aromatic carbocycles. The minimum atomic E-state index is -1.24. The van der Waals surface area contributed by atoms with E-state index in [1.807, 2.05) is 11.8 Å². The number of hydrogen-bond donors (Lipinski definition) is 4. The fraction of sp³-hybridized carbons (Fsp3) is 0.360. The molecular formula is C25H29FN6O4. The molecule has 1 fully saturated rings. The second-order valence-electron chi connectivity index (χ2n) is 8.69. The van der Waals surface area contributed by atoms with Crippen LogP contribution in [-0.4, -0.2) is 58.2 Å². The van der Waals surface area contributed by atoms with Crippen LogP contribution in [0.25, 0.3) is 21.9 Å². The van der Waals surface area contributed by atoms with Crippen LogP contribution in [0.1, 0.15) is 31.7 Å². The fourth-order valence-corrected chi connectivity index (χ4v) is 4.37. The number of pyridine rings is 2. The van der Waals surface area contributed by atoms with E-state index in [-0.39, 0.29) is 23.0 Å². The lowest BCUT2D eigenvalue weighted by atomic mass is 9.97. The van der Waals surface area contributed by atoms with Crippen molar-refractivity contribution < 1.29 is 23.8 Å². The number of carbonyl (C=O) groups excluding carboxylic acids is 1. The van der Waals surface area contributed by atoms with Crippen LogP contribution in [0.2, 0.25) is 0 Å². The quantitative estimate of drug-likeness (QED) is 0.386. The van der Waals surface area contributed by atoms with Gasteiger partial charge in [0.25, 0.3) is 0 Å². The van der Waals surface area contributed by atoms with Gasteiger partial charge in [-0.15, -0.1) is 0 Å². The number of nitrogens with zero attached hydrogens (tertiary/aromatic N) is 3. The summed E-state index contributed by atoms with van der Waals surface area (Å²) in [6.45, 7) is 6.61. The molecule has 4 heterocycles. The summed E-state index contributed by atoms with van der Waals surface area (Å²) in [5, 5.41) is 15.2. The van der Waals surface area contributed by atoms with E-state index in [1.165, 1.54) is 31.5 Å². The molecule has 5 N–H and O–H groups in total. The first-order valence-corrected chi connectivity index (χ1v) is 11.8. The Morgan fingerprint density at radius 1 is 1.17 bits per heavy atom. The molecule has 0 aliphatic carbocycles. The van der Waals surface area contributed by atoms with Crippen molar-refractivity contribution in [2.75, 3.05) is 42.6 Å². The van der Waals surface area contributed by atoms with Gasteiger partial charge >= 0.3 is 6.09 Å². The maximum absolute atomic E-state index is 15.0. The van der Waals surface area contributed by atoms with E-state index >= 15 is 0 Å². The Morgan fingerprint density at radius 2 is 1.92 bits per heavy atom. The topological polar surface area (TPSA) is 143 Å². The number of amides is 2. The highest BCUT2D eigenvalue weighted by Gasteiger charge is 2.21. The molecule has 0 unspecified atom stereocenters. The number of nitrogens with one attached hydrogen (secondary N) is 2. The van der Waals surface area contributed by atoms with Crippen molar-refractivity contribution in [1.29, 1.82) is 0 Å². The van der Waals surface area contributed by atoms with Crippen LogP contribution in [-0.2, 0) is 4.79 Å². The van der Waals surface area contributed by atoms with Gasteiger partial charge in [0, 0.05) is 55.5 Å². The number of carboxylic acid groups (broad SMARTS) is 1. The van der Waals surface area contributed by atoms with Crippen LogP contribution in [0.3, 0.4) is 0 Å². The minimum absolute atomic E-state index is 0.0572. The van der Waals surface area contributed by atoms with E-state index < -0.39 is 11.9 Å². The number of rotatable bonds is 2. The molecule has 0 saturated carbocycles. The number of likely N-dealkylation sites (tertiary alicyclic amines) is 1. The van der Waals surface area contributed by atoms with E-state index in [1.54, 1.807) is 19.2 Å². The van der Waals surface area contributed by atoms with Gasteiger partial charge in [0.1, 0.15) is 18.1 Å². The van der Waals surface area contributed by atoms with Gasteiger partial charge in [-0.05, 0) is 49.3 Å². The van der Waals surface area contributed by atoms with Crippen molar-refractivity contribution in [2.45, 2.75) is 33.1 Å². The smallest absolute Gasteiger partial charge is 0.410 e.